The zero-order chi connectivity index (χ0) is 10.1. The van der Waals surface area contributed by atoms with Crippen molar-refractivity contribution in [2.45, 2.75) is 51.7 Å². The SMILES string of the molecule is CC(C)C(F)C(=O)NC1(C)CCC1. The molecule has 0 radical (unpaired) electrons. The third-order valence-electron chi connectivity index (χ3n) is 2.72. The summed E-state index contributed by atoms with van der Waals surface area (Å²) in [7, 11) is 0. The Labute approximate surface area is 78.9 Å². The van der Waals surface area contributed by atoms with Crippen molar-refractivity contribution in [3.8, 4) is 0 Å². The number of carbonyl (C=O) groups is 1. The normalized spacial score (nSPS) is 22.2. The fourth-order valence-electron chi connectivity index (χ4n) is 1.50. The minimum Gasteiger partial charge on any atom is -0.348 e. The summed E-state index contributed by atoms with van der Waals surface area (Å²) in [6.07, 6.45) is 1.72. The molecule has 2 nitrogen and oxygen atoms in total. The maximum Gasteiger partial charge on any atom is 0.255 e. The van der Waals surface area contributed by atoms with E-state index >= 15 is 0 Å². The molecule has 1 fully saturated rings. The van der Waals surface area contributed by atoms with Crippen LogP contribution in [0, 0.1) is 5.92 Å². The predicted octanol–water partition coefficient (Wildman–Crippen LogP) is 2.04. The van der Waals surface area contributed by atoms with Gasteiger partial charge in [0.1, 0.15) is 0 Å². The van der Waals surface area contributed by atoms with Crippen LogP contribution in [-0.2, 0) is 4.79 Å². The summed E-state index contributed by atoms with van der Waals surface area (Å²) in [5, 5.41) is 2.76. The van der Waals surface area contributed by atoms with Crippen molar-refractivity contribution in [2.75, 3.05) is 0 Å². The van der Waals surface area contributed by atoms with Gasteiger partial charge in [-0.25, -0.2) is 4.39 Å². The summed E-state index contributed by atoms with van der Waals surface area (Å²) in [6, 6.07) is 0. The first kappa shape index (κ1) is 10.5. The average molecular weight is 187 g/mol. The Morgan fingerprint density at radius 3 is 2.31 bits per heavy atom. The van der Waals surface area contributed by atoms with Crippen LogP contribution in [0.3, 0.4) is 0 Å². The molecule has 1 N–H and O–H groups in total. The van der Waals surface area contributed by atoms with Gasteiger partial charge in [-0.15, -0.1) is 0 Å². The molecule has 1 unspecified atom stereocenters. The van der Waals surface area contributed by atoms with Crippen molar-refractivity contribution in [3.63, 3.8) is 0 Å². The molecule has 1 atom stereocenters. The van der Waals surface area contributed by atoms with Crippen molar-refractivity contribution in [1.29, 1.82) is 0 Å². The Morgan fingerprint density at radius 2 is 2.00 bits per heavy atom. The highest BCUT2D eigenvalue weighted by Crippen LogP contribution is 2.31. The topological polar surface area (TPSA) is 29.1 Å². The van der Waals surface area contributed by atoms with E-state index in [9.17, 15) is 9.18 Å². The van der Waals surface area contributed by atoms with Crippen LogP contribution in [0.15, 0.2) is 0 Å². The molecular weight excluding hydrogens is 169 g/mol. The molecule has 0 aromatic heterocycles. The monoisotopic (exact) mass is 187 g/mol. The lowest BCUT2D eigenvalue weighted by Crippen LogP contribution is -2.53. The van der Waals surface area contributed by atoms with Crippen molar-refractivity contribution in [3.05, 3.63) is 0 Å². The summed E-state index contributed by atoms with van der Waals surface area (Å²) >= 11 is 0. The number of hydrogen-bond acceptors (Lipinski definition) is 1. The molecule has 1 amide bonds. The van der Waals surface area contributed by atoms with Crippen molar-refractivity contribution < 1.29 is 9.18 Å². The highest BCUT2D eigenvalue weighted by molar-refractivity contribution is 5.81. The van der Waals surface area contributed by atoms with E-state index in [2.05, 4.69) is 5.32 Å². The van der Waals surface area contributed by atoms with Gasteiger partial charge in [-0.2, -0.15) is 0 Å². The van der Waals surface area contributed by atoms with E-state index in [4.69, 9.17) is 0 Å². The van der Waals surface area contributed by atoms with Gasteiger partial charge < -0.3 is 5.32 Å². The Kier molecular flexibility index (Phi) is 2.94. The predicted molar refractivity (Wildman–Crippen MR) is 50.1 cm³/mol. The van der Waals surface area contributed by atoms with Gasteiger partial charge in [0.15, 0.2) is 6.17 Å². The summed E-state index contributed by atoms with van der Waals surface area (Å²) in [5.41, 5.74) is -0.129. The second kappa shape index (κ2) is 3.64. The number of alkyl halides is 1. The minimum absolute atomic E-state index is 0.129. The molecule has 1 saturated carbocycles. The number of carbonyl (C=O) groups excluding carboxylic acids is 1. The van der Waals surface area contributed by atoms with E-state index in [0.29, 0.717) is 0 Å². The molecular formula is C10H18FNO. The molecule has 0 saturated heterocycles. The number of hydrogen-bond donors (Lipinski definition) is 1. The number of rotatable bonds is 3. The fraction of sp³-hybridized carbons (Fsp3) is 0.900. The number of nitrogens with one attached hydrogen (secondary N) is 1. The summed E-state index contributed by atoms with van der Waals surface area (Å²) < 4.78 is 13.2. The van der Waals surface area contributed by atoms with Crippen molar-refractivity contribution >= 4 is 5.91 Å². The second-order valence-electron chi connectivity index (χ2n) is 4.55. The summed E-state index contributed by atoms with van der Waals surface area (Å²) in [4.78, 5) is 11.3. The van der Waals surface area contributed by atoms with Crippen LogP contribution in [0.4, 0.5) is 4.39 Å². The van der Waals surface area contributed by atoms with Gasteiger partial charge in [0.2, 0.25) is 0 Å². The van der Waals surface area contributed by atoms with Crippen LogP contribution in [0.5, 0.6) is 0 Å². The molecule has 3 heteroatoms. The Bertz CT molecular complexity index is 199. The minimum atomic E-state index is -1.36. The Balaban J connectivity index is 2.40. The van der Waals surface area contributed by atoms with Gasteiger partial charge in [-0.3, -0.25) is 4.79 Å². The van der Waals surface area contributed by atoms with E-state index in [1.54, 1.807) is 13.8 Å². The van der Waals surface area contributed by atoms with E-state index in [1.807, 2.05) is 6.92 Å². The second-order valence-corrected chi connectivity index (χ2v) is 4.55. The number of amides is 1. The van der Waals surface area contributed by atoms with Gasteiger partial charge >= 0.3 is 0 Å². The van der Waals surface area contributed by atoms with Gasteiger partial charge in [-0.1, -0.05) is 13.8 Å². The molecule has 13 heavy (non-hydrogen) atoms. The molecule has 0 bridgehead atoms. The third kappa shape index (κ3) is 2.42. The van der Waals surface area contributed by atoms with Crippen LogP contribution >= 0.6 is 0 Å². The Hall–Kier alpha value is -0.600. The van der Waals surface area contributed by atoms with Crippen molar-refractivity contribution in [2.24, 2.45) is 5.92 Å². The Morgan fingerprint density at radius 1 is 1.46 bits per heavy atom. The lowest BCUT2D eigenvalue weighted by Gasteiger charge is -2.39. The zero-order valence-electron chi connectivity index (χ0n) is 8.56. The van der Waals surface area contributed by atoms with Gasteiger partial charge in [0.05, 0.1) is 0 Å². The van der Waals surface area contributed by atoms with Gasteiger partial charge in [0, 0.05) is 5.54 Å². The highest BCUT2D eigenvalue weighted by Gasteiger charge is 2.35. The third-order valence-corrected chi connectivity index (χ3v) is 2.72. The van der Waals surface area contributed by atoms with E-state index in [0.717, 1.165) is 19.3 Å². The molecule has 1 aliphatic carbocycles. The molecule has 0 heterocycles. The lowest BCUT2D eigenvalue weighted by atomic mass is 9.78. The smallest absolute Gasteiger partial charge is 0.255 e. The molecule has 76 valence electrons. The standard InChI is InChI=1S/C10H18FNO/c1-7(2)8(11)9(13)12-10(3)5-4-6-10/h7-8H,4-6H2,1-3H3,(H,12,13). The molecule has 1 aliphatic rings. The van der Waals surface area contributed by atoms with Crippen LogP contribution in [-0.4, -0.2) is 17.6 Å². The maximum absolute atomic E-state index is 13.2. The lowest BCUT2D eigenvalue weighted by molar-refractivity contribution is -0.130. The van der Waals surface area contributed by atoms with Crippen molar-refractivity contribution in [1.82, 2.24) is 5.32 Å². The molecule has 1 rings (SSSR count). The van der Waals surface area contributed by atoms with E-state index in [1.165, 1.54) is 0 Å². The first-order valence-electron chi connectivity index (χ1n) is 4.91. The first-order chi connectivity index (χ1) is 5.94. The van der Waals surface area contributed by atoms with Crippen LogP contribution in [0.2, 0.25) is 0 Å². The number of halogens is 1. The largest absolute Gasteiger partial charge is 0.348 e. The molecule has 0 aromatic carbocycles. The first-order valence-corrected chi connectivity index (χ1v) is 4.91. The molecule has 0 spiro atoms. The van der Waals surface area contributed by atoms with Gasteiger partial charge in [0.25, 0.3) is 5.91 Å². The quantitative estimate of drug-likeness (QED) is 0.719. The highest BCUT2D eigenvalue weighted by atomic mass is 19.1. The summed E-state index contributed by atoms with van der Waals surface area (Å²) in [5.74, 6) is -0.680. The van der Waals surface area contributed by atoms with E-state index < -0.39 is 12.1 Å². The summed E-state index contributed by atoms with van der Waals surface area (Å²) in [6.45, 7) is 5.40. The van der Waals surface area contributed by atoms with E-state index in [-0.39, 0.29) is 11.5 Å². The van der Waals surface area contributed by atoms with Crippen LogP contribution in [0.1, 0.15) is 40.0 Å². The maximum atomic E-state index is 13.2. The van der Waals surface area contributed by atoms with Crippen LogP contribution < -0.4 is 5.32 Å². The molecule has 0 aliphatic heterocycles. The fourth-order valence-corrected chi connectivity index (χ4v) is 1.50. The van der Waals surface area contributed by atoms with Crippen LogP contribution in [0.25, 0.3) is 0 Å². The van der Waals surface area contributed by atoms with Gasteiger partial charge in [-0.05, 0) is 32.1 Å². The average Bonchev–Trinajstić information content (AvgIpc) is 1.99. The molecule has 0 aromatic rings. The zero-order valence-corrected chi connectivity index (χ0v) is 8.56.